The molecule has 0 atom stereocenters. The molecule has 0 aliphatic carbocycles. The summed E-state index contributed by atoms with van der Waals surface area (Å²) in [5.74, 6) is 0. The number of hydrogen-bond donors (Lipinski definition) is 2. The van der Waals surface area contributed by atoms with Crippen LogP contribution in [0.4, 0.5) is 5.69 Å². The number of rotatable bonds is 2. The molecule has 2 heterocycles. The molecule has 0 fully saturated rings. The third-order valence-corrected chi connectivity index (χ3v) is 3.18. The summed E-state index contributed by atoms with van der Waals surface area (Å²) in [6.45, 7) is 13.3. The Balaban J connectivity index is 0.000000477. The highest BCUT2D eigenvalue weighted by Gasteiger charge is 2.11. The molecule has 0 spiro atoms. The maximum Gasteiger partial charge on any atom is 0.116 e. The zero-order chi connectivity index (χ0) is 17.4. The number of allylic oxidation sites excluding steroid dienone is 1. The van der Waals surface area contributed by atoms with Crippen molar-refractivity contribution in [1.29, 1.82) is 0 Å². The summed E-state index contributed by atoms with van der Waals surface area (Å²) in [4.78, 5) is 13.9. The first-order valence-corrected chi connectivity index (χ1v) is 7.65. The molecule has 0 saturated heterocycles. The monoisotopic (exact) mass is 312 g/mol. The molecular weight excluding hydrogens is 288 g/mol. The first-order valence-electron chi connectivity index (χ1n) is 7.65. The Morgan fingerprint density at radius 3 is 2.39 bits per heavy atom. The fourth-order valence-electron chi connectivity index (χ4n) is 2.05. The summed E-state index contributed by atoms with van der Waals surface area (Å²) in [6, 6.07) is 7.27. The van der Waals surface area contributed by atoms with Crippen LogP contribution in [0.3, 0.4) is 0 Å². The lowest BCUT2D eigenvalue weighted by atomic mass is 10.1. The highest BCUT2D eigenvalue weighted by atomic mass is 16.3. The van der Waals surface area contributed by atoms with Crippen molar-refractivity contribution in [2.45, 2.75) is 34.6 Å². The van der Waals surface area contributed by atoms with E-state index in [4.69, 9.17) is 0 Å². The molecule has 2 aromatic heterocycles. The molecule has 5 heteroatoms. The summed E-state index contributed by atoms with van der Waals surface area (Å²) in [5.41, 5.74) is 5.36. The van der Waals surface area contributed by atoms with Crippen molar-refractivity contribution in [3.8, 4) is 11.4 Å². The standard InChI is InChI=1S/C13H12N4O.C3H6.C2H6/c1-7-5-12(14-8(7)2)13-10-6-9(17-18)3-4-11(10)15-16-13;1-3-2;1-2/h3-6,14H,1-2H3,(H,15,16);3H,1H2,2H3;1-2H3. The molecule has 5 nitrogen and oxygen atoms in total. The quantitative estimate of drug-likeness (QED) is 0.464. The van der Waals surface area contributed by atoms with Crippen LogP contribution in [-0.2, 0) is 0 Å². The third kappa shape index (κ3) is 4.16. The minimum Gasteiger partial charge on any atom is -0.357 e. The van der Waals surface area contributed by atoms with Crippen molar-refractivity contribution >= 4 is 16.6 Å². The Morgan fingerprint density at radius 2 is 1.87 bits per heavy atom. The van der Waals surface area contributed by atoms with Crippen LogP contribution in [0, 0.1) is 18.8 Å². The maximum absolute atomic E-state index is 10.6. The van der Waals surface area contributed by atoms with E-state index in [1.54, 1.807) is 18.2 Å². The number of aromatic amines is 2. The van der Waals surface area contributed by atoms with Crippen molar-refractivity contribution in [3.05, 3.63) is 53.1 Å². The van der Waals surface area contributed by atoms with Gasteiger partial charge in [-0.15, -0.1) is 11.5 Å². The second-order valence-corrected chi connectivity index (χ2v) is 4.79. The van der Waals surface area contributed by atoms with Crippen LogP contribution in [0.2, 0.25) is 0 Å². The maximum atomic E-state index is 10.6. The van der Waals surface area contributed by atoms with Crippen molar-refractivity contribution in [2.24, 2.45) is 5.18 Å². The lowest BCUT2D eigenvalue weighted by Crippen LogP contribution is -1.79. The predicted octanol–water partition coefficient (Wildman–Crippen LogP) is 5.79. The van der Waals surface area contributed by atoms with Gasteiger partial charge in [0, 0.05) is 11.1 Å². The Labute approximate surface area is 136 Å². The summed E-state index contributed by atoms with van der Waals surface area (Å²) >= 11 is 0. The van der Waals surface area contributed by atoms with E-state index < -0.39 is 0 Å². The number of nitroso groups, excluding NO2 is 1. The van der Waals surface area contributed by atoms with E-state index in [1.807, 2.05) is 46.8 Å². The molecule has 1 aromatic carbocycles. The van der Waals surface area contributed by atoms with Crippen molar-refractivity contribution in [3.63, 3.8) is 0 Å². The summed E-state index contributed by atoms with van der Waals surface area (Å²) in [5, 5.41) is 11.1. The Bertz CT molecular complexity index is 764. The number of nitrogens with zero attached hydrogens (tertiary/aromatic N) is 2. The first-order chi connectivity index (χ1) is 11.1. The first kappa shape index (κ1) is 18.4. The van der Waals surface area contributed by atoms with Crippen LogP contribution in [-0.4, -0.2) is 15.2 Å². The summed E-state index contributed by atoms with van der Waals surface area (Å²) in [7, 11) is 0. The summed E-state index contributed by atoms with van der Waals surface area (Å²) in [6.07, 6.45) is 1.75. The van der Waals surface area contributed by atoms with E-state index in [2.05, 4.69) is 26.9 Å². The number of H-pyrrole nitrogens is 2. The van der Waals surface area contributed by atoms with Crippen LogP contribution in [0.1, 0.15) is 32.0 Å². The Kier molecular flexibility index (Phi) is 6.93. The van der Waals surface area contributed by atoms with Gasteiger partial charge in [-0.25, -0.2) is 0 Å². The number of fused-ring (bicyclic) bond motifs is 1. The second kappa shape index (κ2) is 8.68. The van der Waals surface area contributed by atoms with Crippen molar-refractivity contribution < 1.29 is 0 Å². The molecule has 23 heavy (non-hydrogen) atoms. The minimum absolute atomic E-state index is 0.408. The zero-order valence-electron chi connectivity index (χ0n) is 14.4. The van der Waals surface area contributed by atoms with Crippen LogP contribution < -0.4 is 0 Å². The average molecular weight is 312 g/mol. The molecule has 0 amide bonds. The van der Waals surface area contributed by atoms with Gasteiger partial charge in [0.05, 0.1) is 11.2 Å². The van der Waals surface area contributed by atoms with Crippen LogP contribution in [0.15, 0.2) is 42.1 Å². The topological polar surface area (TPSA) is 73.9 Å². The van der Waals surface area contributed by atoms with Gasteiger partial charge >= 0.3 is 0 Å². The minimum atomic E-state index is 0.408. The van der Waals surface area contributed by atoms with Crippen LogP contribution >= 0.6 is 0 Å². The number of aromatic nitrogens is 3. The molecular formula is C18H24N4O. The van der Waals surface area contributed by atoms with Gasteiger partial charge in [-0.2, -0.15) is 5.10 Å². The van der Waals surface area contributed by atoms with Gasteiger partial charge < -0.3 is 4.98 Å². The fourth-order valence-corrected chi connectivity index (χ4v) is 2.05. The fraction of sp³-hybridized carbons (Fsp3) is 0.278. The molecule has 0 radical (unpaired) electrons. The molecule has 0 aliphatic heterocycles. The van der Waals surface area contributed by atoms with Crippen LogP contribution in [0.5, 0.6) is 0 Å². The van der Waals surface area contributed by atoms with Gasteiger partial charge in [0.15, 0.2) is 0 Å². The molecule has 0 aliphatic rings. The normalized spacial score (nSPS) is 9.43. The van der Waals surface area contributed by atoms with Crippen LogP contribution in [0.25, 0.3) is 22.3 Å². The van der Waals surface area contributed by atoms with Gasteiger partial charge in [0.1, 0.15) is 11.4 Å². The van der Waals surface area contributed by atoms with Gasteiger partial charge in [0.25, 0.3) is 0 Å². The molecule has 122 valence electrons. The summed E-state index contributed by atoms with van der Waals surface area (Å²) < 4.78 is 0. The molecule has 0 saturated carbocycles. The zero-order valence-corrected chi connectivity index (χ0v) is 14.4. The molecule has 3 rings (SSSR count). The molecule has 0 bridgehead atoms. The molecule has 0 unspecified atom stereocenters. The number of benzene rings is 1. The molecule has 2 N–H and O–H groups in total. The van der Waals surface area contributed by atoms with E-state index in [0.29, 0.717) is 5.69 Å². The lowest BCUT2D eigenvalue weighted by Gasteiger charge is -1.94. The third-order valence-electron chi connectivity index (χ3n) is 3.18. The van der Waals surface area contributed by atoms with E-state index >= 15 is 0 Å². The second-order valence-electron chi connectivity index (χ2n) is 4.79. The Hall–Kier alpha value is -2.69. The molecule has 3 aromatic rings. The van der Waals surface area contributed by atoms with E-state index in [-0.39, 0.29) is 0 Å². The predicted molar refractivity (Wildman–Crippen MR) is 98.0 cm³/mol. The SMILES string of the molecule is C=CC.CC.Cc1cc(-c2n[nH]c3ccc(N=O)cc23)[nH]c1C. The lowest BCUT2D eigenvalue weighted by molar-refractivity contribution is 1.11. The van der Waals surface area contributed by atoms with Crippen molar-refractivity contribution in [2.75, 3.05) is 0 Å². The largest absolute Gasteiger partial charge is 0.357 e. The van der Waals surface area contributed by atoms with Gasteiger partial charge in [-0.05, 0) is 55.8 Å². The van der Waals surface area contributed by atoms with Crippen molar-refractivity contribution in [1.82, 2.24) is 15.2 Å². The number of nitrogens with one attached hydrogen (secondary N) is 2. The highest BCUT2D eigenvalue weighted by Crippen LogP contribution is 2.29. The number of aryl methyl sites for hydroxylation is 2. The number of hydrogen-bond acceptors (Lipinski definition) is 3. The smallest absolute Gasteiger partial charge is 0.116 e. The van der Waals surface area contributed by atoms with Gasteiger partial charge in [-0.3, -0.25) is 5.10 Å². The van der Waals surface area contributed by atoms with E-state index in [0.717, 1.165) is 28.0 Å². The van der Waals surface area contributed by atoms with E-state index in [1.165, 1.54) is 5.56 Å². The van der Waals surface area contributed by atoms with Gasteiger partial charge in [-0.1, -0.05) is 19.9 Å². The highest BCUT2D eigenvalue weighted by molar-refractivity contribution is 5.93. The Morgan fingerprint density at radius 1 is 1.22 bits per heavy atom. The van der Waals surface area contributed by atoms with Gasteiger partial charge in [0.2, 0.25) is 0 Å². The van der Waals surface area contributed by atoms with E-state index in [9.17, 15) is 4.91 Å². The average Bonchev–Trinajstić information content (AvgIpc) is 3.13.